The first-order valence-electron chi connectivity index (χ1n) is 5.24. The topological polar surface area (TPSA) is 43.8 Å². The maximum absolute atomic E-state index is 14.8. The minimum absolute atomic E-state index is 0.0297. The number of nitrogens with zero attached hydrogens (tertiary/aromatic N) is 2. The minimum atomic E-state index is -1.41. The van der Waals surface area contributed by atoms with Crippen molar-refractivity contribution in [3.8, 4) is 0 Å². The number of hydrogen-bond acceptors (Lipinski definition) is 2. The van der Waals surface area contributed by atoms with Gasteiger partial charge in [0, 0.05) is 19.0 Å². The van der Waals surface area contributed by atoms with E-state index < -0.39 is 5.67 Å². The molecule has 5 heteroatoms. The maximum Gasteiger partial charge on any atom is 0.168 e. The predicted octanol–water partition coefficient (Wildman–Crippen LogP) is 2.20. The first-order valence-corrected chi connectivity index (χ1v) is 6.03. The normalized spacial score (nSPS) is 20.3. The number of aryl methyl sites for hydroxylation is 1. The van der Waals surface area contributed by atoms with Gasteiger partial charge < -0.3 is 5.73 Å². The molecule has 84 valence electrons. The van der Waals surface area contributed by atoms with Gasteiger partial charge in [0.2, 0.25) is 0 Å². The Morgan fingerprint density at radius 1 is 1.73 bits per heavy atom. The highest BCUT2D eigenvalue weighted by atomic mass is 79.9. The molecule has 1 aromatic heterocycles. The second-order valence-corrected chi connectivity index (χ2v) is 4.85. The third kappa shape index (κ3) is 1.72. The third-order valence-electron chi connectivity index (χ3n) is 3.01. The lowest BCUT2D eigenvalue weighted by molar-refractivity contribution is 0.128. The molecule has 1 atom stereocenters. The van der Waals surface area contributed by atoms with Gasteiger partial charge in [-0.05, 0) is 35.7 Å². The molecule has 0 saturated heterocycles. The average molecular weight is 276 g/mol. The van der Waals surface area contributed by atoms with Gasteiger partial charge in [-0.15, -0.1) is 0 Å². The summed E-state index contributed by atoms with van der Waals surface area (Å²) in [6, 6.07) is 0. The van der Waals surface area contributed by atoms with E-state index in [-0.39, 0.29) is 12.5 Å². The largest absolute Gasteiger partial charge is 0.327 e. The smallest absolute Gasteiger partial charge is 0.168 e. The van der Waals surface area contributed by atoms with Crippen LogP contribution in [0.1, 0.15) is 25.5 Å². The lowest BCUT2D eigenvalue weighted by Gasteiger charge is -2.24. The number of nitrogens with two attached hydrogens (primary N) is 1. The zero-order valence-corrected chi connectivity index (χ0v) is 10.3. The van der Waals surface area contributed by atoms with Crippen LogP contribution in [0.25, 0.3) is 0 Å². The number of halogens is 2. The summed E-state index contributed by atoms with van der Waals surface area (Å²) in [7, 11) is 0. The van der Waals surface area contributed by atoms with Gasteiger partial charge in [0.05, 0.1) is 16.4 Å². The van der Waals surface area contributed by atoms with E-state index in [0.717, 1.165) is 17.3 Å². The Balaban J connectivity index is 2.44. The summed E-state index contributed by atoms with van der Waals surface area (Å²) in [5.74, 6) is 0.0702. The van der Waals surface area contributed by atoms with Crippen LogP contribution in [0.2, 0.25) is 0 Å². The van der Waals surface area contributed by atoms with E-state index in [0.29, 0.717) is 12.2 Å². The molecule has 2 rings (SSSR count). The van der Waals surface area contributed by atoms with Gasteiger partial charge in [-0.2, -0.15) is 5.10 Å². The lowest BCUT2D eigenvalue weighted by atomic mass is 9.96. The molecule has 2 N–H and O–H groups in total. The number of aromatic nitrogens is 2. The van der Waals surface area contributed by atoms with E-state index >= 15 is 0 Å². The van der Waals surface area contributed by atoms with Gasteiger partial charge in [-0.1, -0.05) is 0 Å². The molecule has 1 heterocycles. The quantitative estimate of drug-likeness (QED) is 0.916. The van der Waals surface area contributed by atoms with Crippen molar-refractivity contribution in [1.29, 1.82) is 0 Å². The molecule has 15 heavy (non-hydrogen) atoms. The van der Waals surface area contributed by atoms with Gasteiger partial charge in [-0.3, -0.25) is 4.68 Å². The highest BCUT2D eigenvalue weighted by Crippen LogP contribution is 2.49. The van der Waals surface area contributed by atoms with Gasteiger partial charge in [0.1, 0.15) is 0 Å². The van der Waals surface area contributed by atoms with Crippen molar-refractivity contribution in [2.24, 2.45) is 11.7 Å². The van der Waals surface area contributed by atoms with Crippen molar-refractivity contribution in [3.05, 3.63) is 16.4 Å². The second kappa shape index (κ2) is 3.87. The van der Waals surface area contributed by atoms with Crippen molar-refractivity contribution in [2.45, 2.75) is 32.0 Å². The molecule has 1 aliphatic carbocycles. The van der Waals surface area contributed by atoms with Crippen molar-refractivity contribution >= 4 is 15.9 Å². The number of hydrogen-bond donors (Lipinski definition) is 1. The first-order chi connectivity index (χ1) is 7.13. The Labute approximate surface area is 97.0 Å². The molecule has 1 saturated carbocycles. The SMILES string of the molecule is CCn1ncc(Br)c1C(F)(CN)C1CC1. The van der Waals surface area contributed by atoms with E-state index in [1.54, 1.807) is 10.9 Å². The zero-order chi connectivity index (χ0) is 11.1. The minimum Gasteiger partial charge on any atom is -0.327 e. The lowest BCUT2D eigenvalue weighted by Crippen LogP contribution is -2.35. The van der Waals surface area contributed by atoms with Crippen LogP contribution in [0.5, 0.6) is 0 Å². The molecule has 1 aliphatic rings. The summed E-state index contributed by atoms with van der Waals surface area (Å²) in [4.78, 5) is 0. The summed E-state index contributed by atoms with van der Waals surface area (Å²) in [6.45, 7) is 2.65. The van der Waals surface area contributed by atoms with Crippen LogP contribution in [-0.2, 0) is 12.2 Å². The first kappa shape index (κ1) is 11.1. The monoisotopic (exact) mass is 275 g/mol. The number of rotatable bonds is 4. The summed E-state index contributed by atoms with van der Waals surface area (Å²) >= 11 is 3.35. The summed E-state index contributed by atoms with van der Waals surface area (Å²) in [6.07, 6.45) is 3.50. The van der Waals surface area contributed by atoms with E-state index in [2.05, 4.69) is 21.0 Å². The highest BCUT2D eigenvalue weighted by Gasteiger charge is 2.49. The maximum atomic E-state index is 14.8. The van der Waals surface area contributed by atoms with Crippen LogP contribution in [0.3, 0.4) is 0 Å². The van der Waals surface area contributed by atoms with Gasteiger partial charge in [-0.25, -0.2) is 4.39 Å². The Bertz CT molecular complexity index is 362. The van der Waals surface area contributed by atoms with Gasteiger partial charge >= 0.3 is 0 Å². The summed E-state index contributed by atoms with van der Waals surface area (Å²) in [5.41, 5.74) is 4.79. The molecule has 0 radical (unpaired) electrons. The van der Waals surface area contributed by atoms with Crippen LogP contribution in [0.4, 0.5) is 4.39 Å². The predicted molar refractivity (Wildman–Crippen MR) is 60.2 cm³/mol. The fourth-order valence-electron chi connectivity index (χ4n) is 2.01. The Kier molecular flexibility index (Phi) is 2.85. The molecule has 1 fully saturated rings. The molecule has 0 aliphatic heterocycles. The fourth-order valence-corrected chi connectivity index (χ4v) is 2.64. The van der Waals surface area contributed by atoms with Crippen LogP contribution in [0, 0.1) is 5.92 Å². The fraction of sp³-hybridized carbons (Fsp3) is 0.700. The van der Waals surface area contributed by atoms with Crippen LogP contribution in [0.15, 0.2) is 10.7 Å². The van der Waals surface area contributed by atoms with E-state index in [9.17, 15) is 4.39 Å². The molecule has 1 aromatic rings. The molecule has 0 aromatic carbocycles. The zero-order valence-electron chi connectivity index (χ0n) is 8.71. The van der Waals surface area contributed by atoms with Crippen molar-refractivity contribution in [1.82, 2.24) is 9.78 Å². The van der Waals surface area contributed by atoms with Crippen molar-refractivity contribution in [2.75, 3.05) is 6.54 Å². The molecule has 1 unspecified atom stereocenters. The molecule has 0 amide bonds. The molecule has 3 nitrogen and oxygen atoms in total. The van der Waals surface area contributed by atoms with E-state index in [4.69, 9.17) is 5.73 Å². The molecular weight excluding hydrogens is 261 g/mol. The number of alkyl halides is 1. The standard InChI is InChI=1S/C10H15BrFN3/c1-2-15-9(8(11)5-14-15)10(12,6-13)7-3-4-7/h5,7H,2-4,6,13H2,1H3. The van der Waals surface area contributed by atoms with E-state index in [1.807, 2.05) is 6.92 Å². The highest BCUT2D eigenvalue weighted by molar-refractivity contribution is 9.10. The van der Waals surface area contributed by atoms with Crippen LogP contribution >= 0.6 is 15.9 Å². The third-order valence-corrected chi connectivity index (χ3v) is 3.59. The Morgan fingerprint density at radius 3 is 2.87 bits per heavy atom. The van der Waals surface area contributed by atoms with Gasteiger partial charge in [0.15, 0.2) is 5.67 Å². The van der Waals surface area contributed by atoms with E-state index in [1.165, 1.54) is 0 Å². The molecule has 0 bridgehead atoms. The average Bonchev–Trinajstić information content (AvgIpc) is 3.02. The Hall–Kier alpha value is -0.420. The summed E-state index contributed by atoms with van der Waals surface area (Å²) < 4.78 is 17.2. The van der Waals surface area contributed by atoms with Crippen LogP contribution < -0.4 is 5.73 Å². The van der Waals surface area contributed by atoms with Gasteiger partial charge in [0.25, 0.3) is 0 Å². The van der Waals surface area contributed by atoms with Crippen molar-refractivity contribution < 1.29 is 4.39 Å². The summed E-state index contributed by atoms with van der Waals surface area (Å²) in [5, 5.41) is 4.13. The van der Waals surface area contributed by atoms with Crippen LogP contribution in [-0.4, -0.2) is 16.3 Å². The second-order valence-electron chi connectivity index (χ2n) is 4.00. The Morgan fingerprint density at radius 2 is 2.40 bits per heavy atom. The molecular formula is C10H15BrFN3. The van der Waals surface area contributed by atoms with Crippen molar-refractivity contribution in [3.63, 3.8) is 0 Å². The molecule has 0 spiro atoms.